The molecule has 2 atom stereocenters. The largest absolute Gasteiger partial charge is 0.544 e. The average Bonchev–Trinajstić information content (AvgIpc) is 2.45. The minimum absolute atomic E-state index is 0.324. The number of rotatable bonds is 14. The van der Waals surface area contributed by atoms with Gasteiger partial charge in [-0.15, -0.1) is 0 Å². The van der Waals surface area contributed by atoms with Crippen molar-refractivity contribution in [2.24, 2.45) is 0 Å². The van der Waals surface area contributed by atoms with Crippen molar-refractivity contribution in [3.05, 3.63) is 0 Å². The van der Waals surface area contributed by atoms with E-state index in [0.717, 1.165) is 25.7 Å². The second kappa shape index (κ2) is 13.2. The molecule has 138 valence electrons. The Kier molecular flexibility index (Phi) is 13.2. The Hall–Kier alpha value is -0.0831. The van der Waals surface area contributed by atoms with Crippen LogP contribution in [0.2, 0.25) is 0 Å². The van der Waals surface area contributed by atoms with Crippen molar-refractivity contribution in [3.8, 4) is 0 Å². The van der Waals surface area contributed by atoms with Crippen LogP contribution in [-0.4, -0.2) is 45.6 Å². The van der Waals surface area contributed by atoms with Gasteiger partial charge in [0.15, 0.2) is 5.73 Å². The highest BCUT2D eigenvalue weighted by Gasteiger charge is 2.51. The summed E-state index contributed by atoms with van der Waals surface area (Å²) in [5, 5.41) is 0.419. The van der Waals surface area contributed by atoms with E-state index in [-0.39, 0.29) is 5.97 Å². The summed E-state index contributed by atoms with van der Waals surface area (Å²) in [6, 6.07) is 0. The first-order valence-electron chi connectivity index (χ1n) is 8.68. The molecule has 0 aromatic rings. The predicted molar refractivity (Wildman–Crippen MR) is 97.7 cm³/mol. The summed E-state index contributed by atoms with van der Waals surface area (Å²) >= 11 is 4.39. The van der Waals surface area contributed by atoms with E-state index >= 15 is 0 Å². The van der Waals surface area contributed by atoms with Crippen molar-refractivity contribution >= 4 is 27.4 Å². The third-order valence-electron chi connectivity index (χ3n) is 3.33. The van der Waals surface area contributed by atoms with Gasteiger partial charge in [-0.25, -0.2) is 0 Å². The van der Waals surface area contributed by atoms with Crippen LogP contribution in [0.25, 0.3) is 0 Å². The van der Waals surface area contributed by atoms with E-state index in [1.54, 1.807) is 0 Å². The topological polar surface area (TPSA) is 54.0 Å². The summed E-state index contributed by atoms with van der Waals surface area (Å²) in [5.74, 6) is -0.324. The molecule has 0 aliphatic carbocycles. The van der Waals surface area contributed by atoms with E-state index in [1.165, 1.54) is 6.92 Å². The highest BCUT2D eigenvalue weighted by atomic mass is 32.1. The number of ether oxygens (including phenoxy) is 1. The SMILES string of the molecule is CCO[Si](OCC)(OCC)C(CCCCCC(C)S)OC(C)=O. The first-order chi connectivity index (χ1) is 10.9. The summed E-state index contributed by atoms with van der Waals surface area (Å²) in [6.07, 6.45) is 4.92. The molecule has 7 heteroatoms. The highest BCUT2D eigenvalue weighted by Crippen LogP contribution is 2.23. The zero-order valence-electron chi connectivity index (χ0n) is 15.3. The maximum atomic E-state index is 11.5. The van der Waals surface area contributed by atoms with Crippen molar-refractivity contribution in [1.82, 2.24) is 0 Å². The molecule has 0 rings (SSSR count). The van der Waals surface area contributed by atoms with Gasteiger partial charge in [0.2, 0.25) is 0 Å². The molecule has 0 spiro atoms. The summed E-state index contributed by atoms with van der Waals surface area (Å²) in [6.45, 7) is 10.6. The lowest BCUT2D eigenvalue weighted by molar-refractivity contribution is -0.146. The number of hydrogen-bond donors (Lipinski definition) is 1. The summed E-state index contributed by atoms with van der Waals surface area (Å²) in [7, 11) is -3.03. The Morgan fingerprint density at radius 3 is 1.83 bits per heavy atom. The molecule has 0 aromatic heterocycles. The van der Waals surface area contributed by atoms with Crippen LogP contribution in [0.4, 0.5) is 0 Å². The van der Waals surface area contributed by atoms with Gasteiger partial charge < -0.3 is 18.0 Å². The lowest BCUT2D eigenvalue weighted by Crippen LogP contribution is -2.58. The minimum Gasteiger partial charge on any atom is -0.458 e. The summed E-state index contributed by atoms with van der Waals surface area (Å²) in [5.41, 5.74) is -0.437. The number of hydrogen-bond acceptors (Lipinski definition) is 6. The fourth-order valence-corrected chi connectivity index (χ4v) is 5.53. The lowest BCUT2D eigenvalue weighted by atomic mass is 10.1. The zero-order valence-corrected chi connectivity index (χ0v) is 17.2. The maximum absolute atomic E-state index is 11.5. The fourth-order valence-electron chi connectivity index (χ4n) is 2.46. The molecule has 0 fully saturated rings. The van der Waals surface area contributed by atoms with Gasteiger partial charge in [0.1, 0.15) is 0 Å². The van der Waals surface area contributed by atoms with Crippen LogP contribution in [0.5, 0.6) is 0 Å². The predicted octanol–water partition coefficient (Wildman–Crippen LogP) is 3.77. The first kappa shape index (κ1) is 22.9. The molecule has 0 aromatic carbocycles. The van der Waals surface area contributed by atoms with Crippen LogP contribution in [0.1, 0.15) is 66.7 Å². The molecule has 0 aliphatic heterocycles. The quantitative estimate of drug-likeness (QED) is 0.219. The van der Waals surface area contributed by atoms with Crippen LogP contribution in [0.15, 0.2) is 0 Å². The van der Waals surface area contributed by atoms with Crippen molar-refractivity contribution in [2.75, 3.05) is 19.8 Å². The molecule has 0 aliphatic rings. The first-order valence-corrected chi connectivity index (χ1v) is 11.0. The molecular weight excluding hydrogens is 332 g/mol. The molecule has 0 bridgehead atoms. The molecule has 0 amide bonds. The number of thiol groups is 1. The van der Waals surface area contributed by atoms with Crippen LogP contribution in [0.3, 0.4) is 0 Å². The standard InChI is InChI=1S/C16H34O5SSi/c1-6-18-23(19-7-2,20-8-3)16(21-15(5)17)13-11-9-10-12-14(4)22/h14,16,22H,6-13H2,1-5H3. The average molecular weight is 367 g/mol. The van der Waals surface area contributed by atoms with Gasteiger partial charge in [-0.2, -0.15) is 12.6 Å². The molecular formula is C16H34O5SSi. The highest BCUT2D eigenvalue weighted by molar-refractivity contribution is 7.80. The Bertz CT molecular complexity index is 298. The zero-order chi connectivity index (χ0) is 17.7. The number of unbranched alkanes of at least 4 members (excludes halogenated alkanes) is 2. The Morgan fingerprint density at radius 2 is 1.43 bits per heavy atom. The van der Waals surface area contributed by atoms with E-state index in [9.17, 15) is 4.79 Å². The van der Waals surface area contributed by atoms with Gasteiger partial charge in [-0.3, -0.25) is 4.79 Å². The summed E-state index contributed by atoms with van der Waals surface area (Å²) < 4.78 is 23.2. The molecule has 23 heavy (non-hydrogen) atoms. The molecule has 0 saturated carbocycles. The molecule has 0 N–H and O–H groups in total. The monoisotopic (exact) mass is 366 g/mol. The van der Waals surface area contributed by atoms with E-state index < -0.39 is 14.5 Å². The van der Waals surface area contributed by atoms with Crippen molar-refractivity contribution in [2.45, 2.75) is 77.7 Å². The molecule has 0 heterocycles. The van der Waals surface area contributed by atoms with E-state index in [2.05, 4.69) is 19.6 Å². The third kappa shape index (κ3) is 9.71. The van der Waals surface area contributed by atoms with Crippen molar-refractivity contribution in [3.63, 3.8) is 0 Å². The number of carbonyl (C=O) groups excluding carboxylic acids is 1. The van der Waals surface area contributed by atoms with Crippen LogP contribution in [-0.2, 0) is 22.8 Å². The van der Waals surface area contributed by atoms with Gasteiger partial charge in [-0.1, -0.05) is 19.8 Å². The number of carbonyl (C=O) groups is 1. The normalized spacial score (nSPS) is 14.5. The second-order valence-corrected chi connectivity index (χ2v) is 9.09. The van der Waals surface area contributed by atoms with Crippen LogP contribution >= 0.6 is 12.6 Å². The third-order valence-corrected chi connectivity index (χ3v) is 6.85. The van der Waals surface area contributed by atoms with E-state index in [1.807, 2.05) is 20.8 Å². The van der Waals surface area contributed by atoms with Crippen molar-refractivity contribution in [1.29, 1.82) is 0 Å². The maximum Gasteiger partial charge on any atom is 0.544 e. The van der Waals surface area contributed by atoms with E-state index in [0.29, 0.717) is 31.5 Å². The van der Waals surface area contributed by atoms with Gasteiger partial charge in [0.25, 0.3) is 0 Å². The Morgan fingerprint density at radius 1 is 0.957 bits per heavy atom. The summed E-state index contributed by atoms with van der Waals surface area (Å²) in [4.78, 5) is 11.5. The van der Waals surface area contributed by atoms with Gasteiger partial charge in [-0.05, 0) is 45.3 Å². The number of esters is 1. The fraction of sp³-hybridized carbons (Fsp3) is 0.938. The van der Waals surface area contributed by atoms with Gasteiger partial charge >= 0.3 is 14.8 Å². The van der Waals surface area contributed by atoms with Gasteiger partial charge in [0, 0.05) is 26.7 Å². The van der Waals surface area contributed by atoms with Crippen LogP contribution in [0, 0.1) is 0 Å². The van der Waals surface area contributed by atoms with Crippen molar-refractivity contribution < 1.29 is 22.8 Å². The molecule has 5 nitrogen and oxygen atoms in total. The van der Waals surface area contributed by atoms with E-state index in [4.69, 9.17) is 18.0 Å². The van der Waals surface area contributed by atoms with Crippen LogP contribution < -0.4 is 0 Å². The Balaban J connectivity index is 4.85. The molecule has 0 saturated heterocycles. The second-order valence-electron chi connectivity index (χ2n) is 5.49. The Labute approximate surface area is 148 Å². The lowest BCUT2D eigenvalue weighted by Gasteiger charge is -2.34. The smallest absolute Gasteiger partial charge is 0.458 e. The van der Waals surface area contributed by atoms with Gasteiger partial charge in [0.05, 0.1) is 0 Å². The molecule has 2 unspecified atom stereocenters. The minimum atomic E-state index is -3.03. The molecule has 0 radical (unpaired) electrons.